The molecule has 0 unspecified atom stereocenters. The minimum absolute atomic E-state index is 0.180. The second kappa shape index (κ2) is 11.2. The molecule has 2 aliphatic rings. The van der Waals surface area contributed by atoms with Crippen LogP contribution in [0.4, 0.5) is 21.9 Å². The number of carbonyl (C=O) groups is 2. The predicted molar refractivity (Wildman–Crippen MR) is 151 cm³/mol. The van der Waals surface area contributed by atoms with Crippen molar-refractivity contribution in [3.8, 4) is 5.75 Å². The first-order chi connectivity index (χ1) is 18.9. The fourth-order valence-corrected chi connectivity index (χ4v) is 5.15. The first kappa shape index (κ1) is 26.4. The normalized spacial score (nSPS) is 16.3. The first-order valence-electron chi connectivity index (χ1n) is 13.0. The number of piperazine rings is 2. The number of benzene rings is 2. The van der Waals surface area contributed by atoms with Gasteiger partial charge in [0.2, 0.25) is 0 Å². The van der Waals surface area contributed by atoms with Crippen molar-refractivity contribution in [3.05, 3.63) is 58.4 Å². The largest absolute Gasteiger partial charge is 0.496 e. The van der Waals surface area contributed by atoms with E-state index in [-0.39, 0.29) is 17.2 Å². The molecule has 2 aromatic carbocycles. The molecule has 3 heterocycles. The fraction of sp³-hybridized carbons (Fsp3) is 0.393. The molecule has 2 saturated heterocycles. The maximum atomic E-state index is 13.2. The number of H-pyrrole nitrogens is 1. The van der Waals surface area contributed by atoms with E-state index in [4.69, 9.17) is 9.47 Å². The Labute approximate surface area is 226 Å². The van der Waals surface area contributed by atoms with Crippen LogP contribution in [0.15, 0.2) is 47.3 Å². The molecule has 39 heavy (non-hydrogen) atoms. The Morgan fingerprint density at radius 2 is 1.54 bits per heavy atom. The number of fused-ring (bicyclic) bond motifs is 1. The van der Waals surface area contributed by atoms with Crippen LogP contribution in [-0.2, 0) is 4.74 Å². The Morgan fingerprint density at radius 1 is 0.872 bits per heavy atom. The summed E-state index contributed by atoms with van der Waals surface area (Å²) in [5.41, 5.74) is 2.99. The Bertz CT molecular complexity index is 1410. The summed E-state index contributed by atoms with van der Waals surface area (Å²) in [6.07, 6.45) is -0.312. The monoisotopic (exact) mass is 534 g/mol. The average molecular weight is 535 g/mol. The first-order valence-corrected chi connectivity index (χ1v) is 13.0. The van der Waals surface area contributed by atoms with Crippen molar-refractivity contribution in [1.82, 2.24) is 14.8 Å². The number of pyridine rings is 1. The van der Waals surface area contributed by atoms with Gasteiger partial charge in [-0.1, -0.05) is 0 Å². The summed E-state index contributed by atoms with van der Waals surface area (Å²) in [6.45, 7) is 6.02. The van der Waals surface area contributed by atoms with Gasteiger partial charge in [-0.25, -0.2) is 4.79 Å². The van der Waals surface area contributed by atoms with Gasteiger partial charge in [-0.05, 0) is 43.4 Å². The van der Waals surface area contributed by atoms with Gasteiger partial charge in [-0.2, -0.15) is 0 Å². The number of methoxy groups -OCH3 is 2. The quantitative estimate of drug-likeness (QED) is 0.514. The Morgan fingerprint density at radius 3 is 2.18 bits per heavy atom. The number of aromatic nitrogens is 1. The van der Waals surface area contributed by atoms with Crippen molar-refractivity contribution in [3.63, 3.8) is 0 Å². The lowest BCUT2D eigenvalue weighted by Gasteiger charge is -2.35. The second-order valence-electron chi connectivity index (χ2n) is 9.82. The number of aromatic amines is 1. The fourth-order valence-electron chi connectivity index (χ4n) is 5.15. The summed E-state index contributed by atoms with van der Waals surface area (Å²) in [4.78, 5) is 49.7. The number of hydrogen-bond donors (Lipinski definition) is 2. The SMILES string of the molecule is COC(=O)N1CCN(c2ccc(NC(=O)c3cc(=O)c4c(OC)ccc(N5CCN(C)CC5)c4[nH]3)cc2)CC1. The summed E-state index contributed by atoms with van der Waals surface area (Å²) in [6, 6.07) is 12.6. The molecule has 0 aliphatic carbocycles. The van der Waals surface area contributed by atoms with Gasteiger partial charge in [-0.3, -0.25) is 9.59 Å². The number of hydrogen-bond acceptors (Lipinski definition) is 8. The summed E-state index contributed by atoms with van der Waals surface area (Å²) < 4.78 is 10.3. The predicted octanol–water partition coefficient (Wildman–Crippen LogP) is 2.43. The van der Waals surface area contributed by atoms with Crippen molar-refractivity contribution in [2.24, 2.45) is 0 Å². The molecule has 2 aliphatic heterocycles. The lowest BCUT2D eigenvalue weighted by molar-refractivity contribution is 0.102. The second-order valence-corrected chi connectivity index (χ2v) is 9.82. The average Bonchev–Trinajstić information content (AvgIpc) is 2.97. The number of likely N-dealkylation sites (N-methyl/N-ethyl adjacent to an activating group) is 1. The van der Waals surface area contributed by atoms with Crippen LogP contribution < -0.4 is 25.3 Å². The zero-order chi connectivity index (χ0) is 27.5. The Hall–Kier alpha value is -4.25. The van der Waals surface area contributed by atoms with E-state index in [9.17, 15) is 14.4 Å². The van der Waals surface area contributed by atoms with Crippen LogP contribution in [0.1, 0.15) is 10.5 Å². The highest BCUT2D eigenvalue weighted by atomic mass is 16.5. The van der Waals surface area contributed by atoms with Gasteiger partial charge in [0.25, 0.3) is 5.91 Å². The Balaban J connectivity index is 1.34. The van der Waals surface area contributed by atoms with E-state index >= 15 is 0 Å². The molecule has 2 amide bonds. The molecule has 0 atom stereocenters. The lowest BCUT2D eigenvalue weighted by Crippen LogP contribution is -2.48. The van der Waals surface area contributed by atoms with Crippen molar-refractivity contribution in [1.29, 1.82) is 0 Å². The van der Waals surface area contributed by atoms with E-state index in [2.05, 4.69) is 32.0 Å². The summed E-state index contributed by atoms with van der Waals surface area (Å²) in [7, 11) is 5.01. The smallest absolute Gasteiger partial charge is 0.409 e. The maximum Gasteiger partial charge on any atom is 0.409 e. The summed E-state index contributed by atoms with van der Waals surface area (Å²) >= 11 is 0. The molecular weight excluding hydrogens is 500 g/mol. The molecule has 0 radical (unpaired) electrons. The molecule has 0 spiro atoms. The van der Waals surface area contributed by atoms with E-state index in [0.29, 0.717) is 48.5 Å². The zero-order valence-corrected chi connectivity index (χ0v) is 22.5. The van der Waals surface area contributed by atoms with Gasteiger partial charge in [0.15, 0.2) is 5.43 Å². The van der Waals surface area contributed by atoms with Gasteiger partial charge >= 0.3 is 6.09 Å². The van der Waals surface area contributed by atoms with Crippen molar-refractivity contribution in [2.45, 2.75) is 0 Å². The van der Waals surface area contributed by atoms with Crippen LogP contribution in [-0.4, -0.2) is 100 Å². The number of amides is 2. The van der Waals surface area contributed by atoms with Crippen molar-refractivity contribution < 1.29 is 19.1 Å². The molecule has 11 heteroatoms. The van der Waals surface area contributed by atoms with Gasteiger partial charge in [0.05, 0.1) is 30.8 Å². The number of ether oxygens (including phenoxy) is 2. The van der Waals surface area contributed by atoms with Crippen LogP contribution >= 0.6 is 0 Å². The molecule has 3 aromatic rings. The van der Waals surface area contributed by atoms with Gasteiger partial charge in [-0.15, -0.1) is 0 Å². The molecule has 1 aromatic heterocycles. The number of nitrogens with zero attached hydrogens (tertiary/aromatic N) is 4. The molecule has 0 bridgehead atoms. The molecule has 11 nitrogen and oxygen atoms in total. The Kier molecular flexibility index (Phi) is 7.60. The standard InChI is InChI=1S/C28H34N6O5/c1-31-10-12-33(13-11-31)22-8-9-24(38-2)25-23(35)18-21(30-26(22)25)27(36)29-19-4-6-20(7-5-19)32-14-16-34(17-15-32)28(37)39-3/h4-9,18H,10-17H2,1-3H3,(H,29,36)(H,30,35). The number of carbonyl (C=O) groups excluding carboxylic acids is 2. The summed E-state index contributed by atoms with van der Waals surface area (Å²) in [5, 5.41) is 3.33. The molecule has 2 fully saturated rings. The molecular formula is C28H34N6O5. The van der Waals surface area contributed by atoms with Crippen LogP contribution in [0.5, 0.6) is 5.75 Å². The van der Waals surface area contributed by atoms with Crippen LogP contribution in [0.25, 0.3) is 10.9 Å². The minimum atomic E-state index is -0.402. The highest BCUT2D eigenvalue weighted by Gasteiger charge is 2.23. The number of anilines is 3. The third-order valence-electron chi connectivity index (χ3n) is 7.44. The third-order valence-corrected chi connectivity index (χ3v) is 7.44. The van der Waals surface area contributed by atoms with E-state index in [1.165, 1.54) is 20.3 Å². The number of nitrogens with one attached hydrogen (secondary N) is 2. The number of rotatable bonds is 5. The highest BCUT2D eigenvalue weighted by Crippen LogP contribution is 2.31. The molecule has 0 saturated carbocycles. The van der Waals surface area contributed by atoms with Gasteiger partial charge in [0, 0.05) is 69.8 Å². The lowest BCUT2D eigenvalue weighted by atomic mass is 10.1. The topological polar surface area (TPSA) is 110 Å². The van der Waals surface area contributed by atoms with Crippen LogP contribution in [0.2, 0.25) is 0 Å². The van der Waals surface area contributed by atoms with E-state index in [0.717, 1.165) is 37.6 Å². The highest BCUT2D eigenvalue weighted by molar-refractivity contribution is 6.05. The van der Waals surface area contributed by atoms with E-state index in [1.54, 1.807) is 4.90 Å². The maximum absolute atomic E-state index is 13.2. The van der Waals surface area contributed by atoms with Crippen molar-refractivity contribution in [2.75, 3.05) is 88.7 Å². The third kappa shape index (κ3) is 5.49. The zero-order valence-electron chi connectivity index (χ0n) is 22.5. The van der Waals surface area contributed by atoms with E-state index in [1.807, 2.05) is 36.4 Å². The van der Waals surface area contributed by atoms with Gasteiger partial charge < -0.3 is 39.4 Å². The molecule has 5 rings (SSSR count). The summed E-state index contributed by atoms with van der Waals surface area (Å²) in [5.74, 6) is 0.0692. The van der Waals surface area contributed by atoms with Crippen molar-refractivity contribution >= 4 is 40.0 Å². The van der Waals surface area contributed by atoms with E-state index < -0.39 is 5.91 Å². The minimum Gasteiger partial charge on any atom is -0.496 e. The van der Waals surface area contributed by atoms with Crippen LogP contribution in [0.3, 0.4) is 0 Å². The van der Waals surface area contributed by atoms with Gasteiger partial charge in [0.1, 0.15) is 11.4 Å². The van der Waals surface area contributed by atoms with Crippen LogP contribution in [0, 0.1) is 0 Å². The molecule has 2 N–H and O–H groups in total. The molecule has 206 valence electrons.